The van der Waals surface area contributed by atoms with Crippen LogP contribution in [-0.2, 0) is 14.3 Å². The van der Waals surface area contributed by atoms with Crippen LogP contribution in [0.1, 0.15) is 37.1 Å². The molecule has 1 aromatic carbocycles. The van der Waals surface area contributed by atoms with Crippen LogP contribution in [0.5, 0.6) is 0 Å². The van der Waals surface area contributed by atoms with E-state index in [1.807, 2.05) is 43.6 Å². The van der Waals surface area contributed by atoms with Gasteiger partial charge in [0.25, 0.3) is 0 Å². The van der Waals surface area contributed by atoms with Gasteiger partial charge in [0.15, 0.2) is 0 Å². The van der Waals surface area contributed by atoms with Gasteiger partial charge in [-0.1, -0.05) is 24.3 Å². The molecule has 0 bridgehead atoms. The largest absolute Gasteiger partial charge is 0.461 e. The van der Waals surface area contributed by atoms with Crippen molar-refractivity contribution in [2.75, 3.05) is 13.1 Å². The van der Waals surface area contributed by atoms with Crippen LogP contribution in [0.25, 0.3) is 10.4 Å². The number of hydrogen-bond donors (Lipinski definition) is 2. The number of nitrogens with one attached hydrogen (secondary N) is 2. The van der Waals surface area contributed by atoms with Crippen LogP contribution in [0.2, 0.25) is 0 Å². The summed E-state index contributed by atoms with van der Waals surface area (Å²) in [4.78, 5) is 29.3. The standard InChI is InChI=1S/C19H23N3O3S/c1-12(22-17(23)9-18(24)25-16-7-8-20-10-16)14-3-5-15(6-4-14)19-13(2)21-11-26-19/h3-6,11-12,16,20H,7-10H2,1-2H3,(H,22,23)/t12-,16?/m0/s1. The van der Waals surface area contributed by atoms with Crippen LogP contribution in [0.3, 0.4) is 0 Å². The summed E-state index contributed by atoms with van der Waals surface area (Å²) in [5.41, 5.74) is 4.95. The molecule has 1 aromatic heterocycles. The average molecular weight is 373 g/mol. The second kappa shape index (κ2) is 8.42. The van der Waals surface area contributed by atoms with Gasteiger partial charge in [-0.2, -0.15) is 0 Å². The lowest BCUT2D eigenvalue weighted by Crippen LogP contribution is -2.30. The third kappa shape index (κ3) is 4.68. The Morgan fingerprint density at radius 1 is 1.38 bits per heavy atom. The van der Waals surface area contributed by atoms with E-state index in [0.29, 0.717) is 6.54 Å². The van der Waals surface area contributed by atoms with Crippen molar-refractivity contribution >= 4 is 23.2 Å². The lowest BCUT2D eigenvalue weighted by molar-refractivity contribution is -0.150. The van der Waals surface area contributed by atoms with Gasteiger partial charge in [0.2, 0.25) is 5.91 Å². The molecular weight excluding hydrogens is 350 g/mol. The SMILES string of the molecule is Cc1ncsc1-c1ccc([C@H](C)NC(=O)CC(=O)OC2CCNC2)cc1. The van der Waals surface area contributed by atoms with E-state index in [1.54, 1.807) is 11.3 Å². The summed E-state index contributed by atoms with van der Waals surface area (Å²) in [6.45, 7) is 5.40. The van der Waals surface area contributed by atoms with E-state index in [-0.39, 0.29) is 24.5 Å². The first-order valence-corrected chi connectivity index (χ1v) is 9.61. The van der Waals surface area contributed by atoms with Gasteiger partial charge in [-0.05, 0) is 37.9 Å². The van der Waals surface area contributed by atoms with E-state index in [4.69, 9.17) is 4.74 Å². The highest BCUT2D eigenvalue weighted by Gasteiger charge is 2.21. The van der Waals surface area contributed by atoms with Crippen LogP contribution >= 0.6 is 11.3 Å². The topological polar surface area (TPSA) is 80.3 Å². The molecule has 0 saturated carbocycles. The van der Waals surface area contributed by atoms with Crippen molar-refractivity contribution in [1.29, 1.82) is 0 Å². The smallest absolute Gasteiger partial charge is 0.315 e. The second-order valence-corrected chi connectivity index (χ2v) is 7.31. The number of amides is 1. The molecule has 1 amide bonds. The normalized spacial score (nSPS) is 17.7. The van der Waals surface area contributed by atoms with Gasteiger partial charge in [0, 0.05) is 6.54 Å². The van der Waals surface area contributed by atoms with Crippen LogP contribution < -0.4 is 10.6 Å². The first-order chi connectivity index (χ1) is 12.5. The summed E-state index contributed by atoms with van der Waals surface area (Å²) in [7, 11) is 0. The fourth-order valence-electron chi connectivity index (χ4n) is 2.97. The number of thiazole rings is 1. The van der Waals surface area contributed by atoms with Gasteiger partial charge < -0.3 is 15.4 Å². The Morgan fingerprint density at radius 3 is 2.77 bits per heavy atom. The van der Waals surface area contributed by atoms with Crippen molar-refractivity contribution in [3.8, 4) is 10.4 Å². The van der Waals surface area contributed by atoms with Gasteiger partial charge in [0.05, 0.1) is 22.1 Å². The Bertz CT molecular complexity index is 767. The molecule has 138 valence electrons. The molecule has 1 aliphatic rings. The number of carbonyl (C=O) groups is 2. The predicted octanol–water partition coefficient (Wildman–Crippen LogP) is 2.59. The number of nitrogens with zero attached hydrogens (tertiary/aromatic N) is 1. The number of aryl methyl sites for hydroxylation is 1. The number of ether oxygens (including phenoxy) is 1. The second-order valence-electron chi connectivity index (χ2n) is 6.46. The van der Waals surface area contributed by atoms with E-state index >= 15 is 0 Å². The van der Waals surface area contributed by atoms with Gasteiger partial charge in [0.1, 0.15) is 12.5 Å². The van der Waals surface area contributed by atoms with Gasteiger partial charge in [-0.3, -0.25) is 9.59 Å². The minimum absolute atomic E-state index is 0.115. The average Bonchev–Trinajstić information content (AvgIpc) is 3.26. The summed E-state index contributed by atoms with van der Waals surface area (Å²) in [5.74, 6) is -0.796. The Hall–Kier alpha value is -2.25. The maximum Gasteiger partial charge on any atom is 0.315 e. The molecule has 1 aliphatic heterocycles. The van der Waals surface area contributed by atoms with Crippen LogP contribution in [0.4, 0.5) is 0 Å². The van der Waals surface area contributed by atoms with E-state index < -0.39 is 5.97 Å². The van der Waals surface area contributed by atoms with E-state index in [0.717, 1.165) is 34.7 Å². The van der Waals surface area contributed by atoms with E-state index in [1.165, 1.54) is 0 Å². The molecule has 2 N–H and O–H groups in total. The number of benzene rings is 1. The first-order valence-electron chi connectivity index (χ1n) is 8.73. The van der Waals surface area contributed by atoms with Crippen LogP contribution in [0, 0.1) is 6.92 Å². The predicted molar refractivity (Wildman–Crippen MR) is 101 cm³/mol. The Morgan fingerprint density at radius 2 is 2.15 bits per heavy atom. The number of carbonyl (C=O) groups excluding carboxylic acids is 2. The lowest BCUT2D eigenvalue weighted by Gasteiger charge is -2.15. The zero-order valence-corrected chi connectivity index (χ0v) is 15.8. The molecule has 7 heteroatoms. The van der Waals surface area contributed by atoms with Crippen molar-refractivity contribution in [2.45, 2.75) is 38.8 Å². The summed E-state index contributed by atoms with van der Waals surface area (Å²) in [6.07, 6.45) is 0.435. The van der Waals surface area contributed by atoms with Gasteiger partial charge >= 0.3 is 5.97 Å². The molecule has 1 saturated heterocycles. The number of hydrogen-bond acceptors (Lipinski definition) is 6. The summed E-state index contributed by atoms with van der Waals surface area (Å²) in [5, 5.41) is 5.97. The third-order valence-corrected chi connectivity index (χ3v) is 5.39. The third-order valence-electron chi connectivity index (χ3n) is 4.41. The maximum absolute atomic E-state index is 12.1. The summed E-state index contributed by atoms with van der Waals surface area (Å²) in [6, 6.07) is 7.85. The highest BCUT2D eigenvalue weighted by Crippen LogP contribution is 2.28. The molecule has 2 atom stereocenters. The van der Waals surface area contributed by atoms with Crippen LogP contribution in [-0.4, -0.2) is 36.1 Å². The molecule has 0 radical (unpaired) electrons. The minimum Gasteiger partial charge on any atom is -0.461 e. The monoisotopic (exact) mass is 373 g/mol. The van der Waals surface area contributed by atoms with Crippen molar-refractivity contribution in [2.24, 2.45) is 0 Å². The van der Waals surface area contributed by atoms with Gasteiger partial charge in [-0.25, -0.2) is 4.98 Å². The zero-order chi connectivity index (χ0) is 18.5. The zero-order valence-electron chi connectivity index (χ0n) is 15.0. The number of esters is 1. The Labute approximate surface area is 157 Å². The molecule has 1 unspecified atom stereocenters. The molecule has 1 fully saturated rings. The first kappa shape index (κ1) is 18.5. The highest BCUT2D eigenvalue weighted by atomic mass is 32.1. The molecule has 2 heterocycles. The Balaban J connectivity index is 1.52. The van der Waals surface area contributed by atoms with Crippen molar-refractivity contribution in [3.63, 3.8) is 0 Å². The van der Waals surface area contributed by atoms with E-state index in [2.05, 4.69) is 15.6 Å². The lowest BCUT2D eigenvalue weighted by atomic mass is 10.0. The molecular formula is C19H23N3O3S. The van der Waals surface area contributed by atoms with Gasteiger partial charge in [-0.15, -0.1) is 11.3 Å². The molecule has 0 spiro atoms. The van der Waals surface area contributed by atoms with Crippen molar-refractivity contribution in [1.82, 2.24) is 15.6 Å². The summed E-state index contributed by atoms with van der Waals surface area (Å²) < 4.78 is 5.27. The fraction of sp³-hybridized carbons (Fsp3) is 0.421. The molecule has 6 nitrogen and oxygen atoms in total. The molecule has 2 aromatic rings. The maximum atomic E-state index is 12.1. The fourth-order valence-corrected chi connectivity index (χ4v) is 3.78. The summed E-state index contributed by atoms with van der Waals surface area (Å²) >= 11 is 1.61. The van der Waals surface area contributed by atoms with Crippen LogP contribution in [0.15, 0.2) is 29.8 Å². The highest BCUT2D eigenvalue weighted by molar-refractivity contribution is 7.13. The molecule has 26 heavy (non-hydrogen) atoms. The quantitative estimate of drug-likeness (QED) is 0.601. The van der Waals surface area contributed by atoms with Crippen molar-refractivity contribution < 1.29 is 14.3 Å². The minimum atomic E-state index is -0.473. The Kier molecular flexibility index (Phi) is 6.00. The number of rotatable bonds is 6. The molecule has 0 aliphatic carbocycles. The van der Waals surface area contributed by atoms with Crippen molar-refractivity contribution in [3.05, 3.63) is 41.0 Å². The molecule has 3 rings (SSSR count). The van der Waals surface area contributed by atoms with E-state index in [9.17, 15) is 9.59 Å². The number of aromatic nitrogens is 1.